The lowest BCUT2D eigenvalue weighted by molar-refractivity contribution is 0.211. The summed E-state index contributed by atoms with van der Waals surface area (Å²) in [4.78, 5) is 15.8. The van der Waals surface area contributed by atoms with E-state index < -0.39 is 6.09 Å². The minimum Gasteiger partial charge on any atom is -0.381 e. The molecule has 78 valence electrons. The number of thiazole rings is 1. The summed E-state index contributed by atoms with van der Waals surface area (Å²) in [6.45, 7) is 0. The smallest absolute Gasteiger partial charge is 0.381 e. The highest BCUT2D eigenvalue weighted by Gasteiger charge is 2.07. The Balaban J connectivity index is 2.42. The van der Waals surface area contributed by atoms with E-state index >= 15 is 0 Å². The summed E-state index contributed by atoms with van der Waals surface area (Å²) >= 11 is 2.96. The Morgan fingerprint density at radius 1 is 1.60 bits per heavy atom. The SMILES string of the molecule is CSc1ccc2nc(OC(N)=O)sc2c1. The maximum Gasteiger partial charge on any atom is 0.411 e. The zero-order valence-electron chi connectivity index (χ0n) is 7.89. The molecule has 0 saturated heterocycles. The molecule has 2 aromatic rings. The molecule has 2 rings (SSSR count). The van der Waals surface area contributed by atoms with Gasteiger partial charge in [-0.05, 0) is 24.5 Å². The number of carbonyl (C=O) groups is 1. The fourth-order valence-electron chi connectivity index (χ4n) is 1.14. The summed E-state index contributed by atoms with van der Waals surface area (Å²) in [5, 5.41) is 0.288. The van der Waals surface area contributed by atoms with Crippen LogP contribution in [0, 0.1) is 0 Å². The number of fused-ring (bicyclic) bond motifs is 1. The molecule has 2 N–H and O–H groups in total. The van der Waals surface area contributed by atoms with Crippen LogP contribution >= 0.6 is 23.1 Å². The molecule has 0 fully saturated rings. The minimum absolute atomic E-state index is 0.288. The van der Waals surface area contributed by atoms with Crippen LogP contribution in [0.4, 0.5) is 4.79 Å². The Hall–Kier alpha value is -1.27. The molecule has 0 saturated carbocycles. The standard InChI is InChI=1S/C9H8N2O2S2/c1-14-5-2-3-6-7(4-5)15-9(11-6)13-8(10)12/h2-4H,1H3,(H2,10,12). The maximum absolute atomic E-state index is 10.5. The summed E-state index contributed by atoms with van der Waals surface area (Å²) in [5.74, 6) is 0. The third-order valence-electron chi connectivity index (χ3n) is 1.76. The summed E-state index contributed by atoms with van der Waals surface area (Å²) in [7, 11) is 0. The van der Waals surface area contributed by atoms with Crippen molar-refractivity contribution in [1.82, 2.24) is 4.98 Å². The van der Waals surface area contributed by atoms with Crippen LogP contribution < -0.4 is 10.5 Å². The molecule has 0 unspecified atom stereocenters. The minimum atomic E-state index is -0.834. The second-order valence-corrected chi connectivity index (χ2v) is 4.61. The van der Waals surface area contributed by atoms with E-state index in [4.69, 9.17) is 10.5 Å². The zero-order valence-corrected chi connectivity index (χ0v) is 9.52. The molecule has 0 aliphatic rings. The zero-order chi connectivity index (χ0) is 10.8. The van der Waals surface area contributed by atoms with Gasteiger partial charge in [0.2, 0.25) is 0 Å². The number of amides is 1. The van der Waals surface area contributed by atoms with Gasteiger partial charge in [0.15, 0.2) is 0 Å². The second kappa shape index (κ2) is 4.08. The van der Waals surface area contributed by atoms with Gasteiger partial charge in [0.05, 0.1) is 10.2 Å². The Kier molecular flexibility index (Phi) is 2.79. The number of hydrogen-bond acceptors (Lipinski definition) is 5. The fraction of sp³-hybridized carbons (Fsp3) is 0.111. The van der Waals surface area contributed by atoms with Crippen LogP contribution in [0.3, 0.4) is 0 Å². The molecule has 15 heavy (non-hydrogen) atoms. The Labute approximate surface area is 94.4 Å². The molecule has 0 spiro atoms. The third-order valence-corrected chi connectivity index (χ3v) is 3.39. The van der Waals surface area contributed by atoms with Crippen molar-refractivity contribution >= 4 is 39.4 Å². The van der Waals surface area contributed by atoms with Crippen LogP contribution in [0.1, 0.15) is 0 Å². The van der Waals surface area contributed by atoms with E-state index in [9.17, 15) is 4.79 Å². The predicted molar refractivity (Wildman–Crippen MR) is 61.6 cm³/mol. The first kappa shape index (κ1) is 10.3. The van der Waals surface area contributed by atoms with Gasteiger partial charge in [-0.3, -0.25) is 0 Å². The number of thioether (sulfide) groups is 1. The average Bonchev–Trinajstić information content (AvgIpc) is 2.57. The number of benzene rings is 1. The molecule has 0 radical (unpaired) electrons. The van der Waals surface area contributed by atoms with Crippen molar-refractivity contribution in [2.45, 2.75) is 4.90 Å². The molecule has 1 aromatic carbocycles. The summed E-state index contributed by atoms with van der Waals surface area (Å²) < 4.78 is 5.70. The first-order valence-electron chi connectivity index (χ1n) is 4.11. The molecule has 1 amide bonds. The molecule has 6 heteroatoms. The molecular formula is C9H8N2O2S2. The van der Waals surface area contributed by atoms with Crippen molar-refractivity contribution in [3.63, 3.8) is 0 Å². The summed E-state index contributed by atoms with van der Waals surface area (Å²) in [5.41, 5.74) is 5.72. The number of aromatic nitrogens is 1. The molecule has 0 atom stereocenters. The number of primary amides is 1. The lowest BCUT2D eigenvalue weighted by Crippen LogP contribution is -2.15. The van der Waals surface area contributed by atoms with Gasteiger partial charge in [0.1, 0.15) is 0 Å². The summed E-state index contributed by atoms with van der Waals surface area (Å²) in [6, 6.07) is 5.87. The van der Waals surface area contributed by atoms with E-state index in [1.165, 1.54) is 11.3 Å². The van der Waals surface area contributed by atoms with Gasteiger partial charge < -0.3 is 10.5 Å². The molecular weight excluding hydrogens is 232 g/mol. The third kappa shape index (κ3) is 2.21. The van der Waals surface area contributed by atoms with E-state index in [1.807, 2.05) is 24.5 Å². The number of carbonyl (C=O) groups excluding carboxylic acids is 1. The van der Waals surface area contributed by atoms with Crippen LogP contribution in [0.15, 0.2) is 23.1 Å². The predicted octanol–water partition coefficient (Wildman–Crippen LogP) is 2.48. The van der Waals surface area contributed by atoms with Gasteiger partial charge in [-0.1, -0.05) is 11.3 Å². The van der Waals surface area contributed by atoms with Crippen LogP contribution in [0.25, 0.3) is 10.2 Å². The van der Waals surface area contributed by atoms with Crippen molar-refractivity contribution in [1.29, 1.82) is 0 Å². The normalized spacial score (nSPS) is 10.5. The first-order chi connectivity index (χ1) is 7.19. The molecule has 0 aliphatic heterocycles. The first-order valence-corrected chi connectivity index (χ1v) is 6.15. The number of ether oxygens (including phenoxy) is 1. The van der Waals surface area contributed by atoms with E-state index in [2.05, 4.69) is 4.98 Å². The van der Waals surface area contributed by atoms with Crippen molar-refractivity contribution in [3.8, 4) is 5.19 Å². The van der Waals surface area contributed by atoms with Crippen LogP contribution in [0.5, 0.6) is 5.19 Å². The highest BCUT2D eigenvalue weighted by Crippen LogP contribution is 2.30. The number of nitrogens with zero attached hydrogens (tertiary/aromatic N) is 1. The quantitative estimate of drug-likeness (QED) is 0.819. The Morgan fingerprint density at radius 2 is 2.40 bits per heavy atom. The fourth-order valence-corrected chi connectivity index (χ4v) is 2.51. The second-order valence-electron chi connectivity index (χ2n) is 2.73. The summed E-state index contributed by atoms with van der Waals surface area (Å²) in [6.07, 6.45) is 1.17. The topological polar surface area (TPSA) is 65.2 Å². The molecule has 0 bridgehead atoms. The lowest BCUT2D eigenvalue weighted by Gasteiger charge is -1.92. The average molecular weight is 240 g/mol. The highest BCUT2D eigenvalue weighted by molar-refractivity contribution is 7.98. The number of rotatable bonds is 2. The molecule has 4 nitrogen and oxygen atoms in total. The van der Waals surface area contributed by atoms with Gasteiger partial charge in [-0.2, -0.15) is 0 Å². The molecule has 0 aliphatic carbocycles. The van der Waals surface area contributed by atoms with Crippen molar-refractivity contribution in [2.24, 2.45) is 5.73 Å². The van der Waals surface area contributed by atoms with Crippen molar-refractivity contribution < 1.29 is 9.53 Å². The van der Waals surface area contributed by atoms with E-state index in [0.29, 0.717) is 0 Å². The molecule has 1 heterocycles. The van der Waals surface area contributed by atoms with Gasteiger partial charge in [0.25, 0.3) is 5.19 Å². The van der Waals surface area contributed by atoms with Crippen molar-refractivity contribution in [3.05, 3.63) is 18.2 Å². The Morgan fingerprint density at radius 3 is 3.07 bits per heavy atom. The van der Waals surface area contributed by atoms with Gasteiger partial charge in [-0.15, -0.1) is 11.8 Å². The van der Waals surface area contributed by atoms with Gasteiger partial charge in [0, 0.05) is 4.90 Å². The highest BCUT2D eigenvalue weighted by atomic mass is 32.2. The monoisotopic (exact) mass is 240 g/mol. The molecule has 1 aromatic heterocycles. The van der Waals surface area contributed by atoms with Crippen LogP contribution in [0.2, 0.25) is 0 Å². The van der Waals surface area contributed by atoms with E-state index in [0.717, 1.165) is 15.1 Å². The number of hydrogen-bond donors (Lipinski definition) is 1. The van der Waals surface area contributed by atoms with E-state index in [1.54, 1.807) is 11.8 Å². The largest absolute Gasteiger partial charge is 0.411 e. The lowest BCUT2D eigenvalue weighted by atomic mass is 10.3. The van der Waals surface area contributed by atoms with Crippen LogP contribution in [-0.2, 0) is 0 Å². The van der Waals surface area contributed by atoms with Gasteiger partial charge in [-0.25, -0.2) is 9.78 Å². The van der Waals surface area contributed by atoms with Crippen molar-refractivity contribution in [2.75, 3.05) is 6.26 Å². The Bertz CT molecular complexity index is 510. The maximum atomic E-state index is 10.5. The van der Waals surface area contributed by atoms with E-state index in [-0.39, 0.29) is 5.19 Å². The van der Waals surface area contributed by atoms with Crippen LogP contribution in [-0.4, -0.2) is 17.3 Å². The number of nitrogens with two attached hydrogens (primary N) is 1. The van der Waals surface area contributed by atoms with Gasteiger partial charge >= 0.3 is 6.09 Å².